The molecule has 2 heterocycles. The monoisotopic (exact) mass is 357 g/mol. The number of hydrogen-bond donors (Lipinski definition) is 1. The standard InChI is InChI=1S/C19H23N3O4/c1-14-20-16(11-17(23)21-14)18(24)22-10-6-9-19(12-22,25-2)13-26-15-7-4-3-5-8-15/h3-5,7-8,11H,6,9-10,12-13H2,1-2H3,(H,20,21,23)/t19-/m0/s1. The molecule has 7 nitrogen and oxygen atoms in total. The molecule has 3 rings (SSSR count). The van der Waals surface area contributed by atoms with E-state index in [-0.39, 0.29) is 17.2 Å². The number of ether oxygens (including phenoxy) is 2. The molecule has 1 aromatic carbocycles. The van der Waals surface area contributed by atoms with E-state index in [1.807, 2.05) is 30.3 Å². The number of likely N-dealkylation sites (tertiary alicyclic amines) is 1. The molecule has 0 saturated carbocycles. The van der Waals surface area contributed by atoms with E-state index >= 15 is 0 Å². The molecule has 7 heteroatoms. The Kier molecular flexibility index (Phi) is 5.37. The van der Waals surface area contributed by atoms with Crippen molar-refractivity contribution >= 4 is 5.91 Å². The molecule has 1 aliphatic rings. The Bertz CT molecular complexity index is 821. The van der Waals surface area contributed by atoms with Gasteiger partial charge in [-0.15, -0.1) is 0 Å². The molecule has 0 unspecified atom stereocenters. The average Bonchev–Trinajstić information content (AvgIpc) is 2.66. The van der Waals surface area contributed by atoms with Crippen LogP contribution in [-0.4, -0.2) is 53.2 Å². The van der Waals surface area contributed by atoms with Crippen LogP contribution in [0.25, 0.3) is 0 Å². The second-order valence-corrected chi connectivity index (χ2v) is 6.54. The molecule has 0 radical (unpaired) electrons. The highest BCUT2D eigenvalue weighted by atomic mass is 16.5. The maximum absolute atomic E-state index is 12.8. The number of aromatic amines is 1. The van der Waals surface area contributed by atoms with Crippen LogP contribution in [0.15, 0.2) is 41.2 Å². The lowest BCUT2D eigenvalue weighted by Gasteiger charge is -2.41. The fourth-order valence-corrected chi connectivity index (χ4v) is 3.20. The molecule has 1 amide bonds. The average molecular weight is 357 g/mol. The van der Waals surface area contributed by atoms with Crippen LogP contribution in [0.1, 0.15) is 29.2 Å². The summed E-state index contributed by atoms with van der Waals surface area (Å²) in [5, 5.41) is 0. The zero-order chi connectivity index (χ0) is 18.6. The number of nitrogens with zero attached hydrogens (tertiary/aromatic N) is 2. The van der Waals surface area contributed by atoms with E-state index in [2.05, 4.69) is 9.97 Å². The summed E-state index contributed by atoms with van der Waals surface area (Å²) in [4.78, 5) is 32.8. The molecular weight excluding hydrogens is 334 g/mol. The van der Waals surface area contributed by atoms with Gasteiger partial charge >= 0.3 is 0 Å². The third kappa shape index (κ3) is 4.11. The maximum Gasteiger partial charge on any atom is 0.272 e. The van der Waals surface area contributed by atoms with E-state index in [4.69, 9.17) is 9.47 Å². The number of carbonyl (C=O) groups is 1. The van der Waals surface area contributed by atoms with Gasteiger partial charge in [0.2, 0.25) is 0 Å². The summed E-state index contributed by atoms with van der Waals surface area (Å²) in [7, 11) is 1.64. The molecule has 1 N–H and O–H groups in total. The van der Waals surface area contributed by atoms with Crippen molar-refractivity contribution in [3.8, 4) is 5.75 Å². The Labute approximate surface area is 152 Å². The zero-order valence-electron chi connectivity index (χ0n) is 15.0. The number of benzene rings is 1. The first-order chi connectivity index (χ1) is 12.5. The summed E-state index contributed by atoms with van der Waals surface area (Å²) in [6.07, 6.45) is 1.59. The van der Waals surface area contributed by atoms with Crippen molar-refractivity contribution in [3.05, 3.63) is 58.3 Å². The van der Waals surface area contributed by atoms with Gasteiger partial charge in [-0.1, -0.05) is 18.2 Å². The first-order valence-electron chi connectivity index (χ1n) is 8.62. The van der Waals surface area contributed by atoms with E-state index in [0.717, 1.165) is 18.6 Å². The van der Waals surface area contributed by atoms with Crippen LogP contribution >= 0.6 is 0 Å². The number of aryl methyl sites for hydroxylation is 1. The summed E-state index contributed by atoms with van der Waals surface area (Å²) in [6.45, 7) is 2.99. The van der Waals surface area contributed by atoms with Gasteiger partial charge in [-0.2, -0.15) is 0 Å². The number of hydrogen-bond acceptors (Lipinski definition) is 5. The highest BCUT2D eigenvalue weighted by Crippen LogP contribution is 2.27. The van der Waals surface area contributed by atoms with E-state index in [9.17, 15) is 9.59 Å². The topological polar surface area (TPSA) is 84.5 Å². The van der Waals surface area contributed by atoms with Crippen molar-refractivity contribution in [2.45, 2.75) is 25.4 Å². The lowest BCUT2D eigenvalue weighted by Crippen LogP contribution is -2.54. The van der Waals surface area contributed by atoms with Gasteiger partial charge in [0.1, 0.15) is 29.5 Å². The predicted octanol–water partition coefficient (Wildman–Crippen LogP) is 1.78. The minimum atomic E-state index is -0.583. The number of amides is 1. The van der Waals surface area contributed by atoms with Crippen LogP contribution < -0.4 is 10.3 Å². The third-order valence-electron chi connectivity index (χ3n) is 4.58. The quantitative estimate of drug-likeness (QED) is 0.882. The highest BCUT2D eigenvalue weighted by Gasteiger charge is 2.38. The number of piperidine rings is 1. The minimum Gasteiger partial charge on any atom is -0.491 e. The van der Waals surface area contributed by atoms with Gasteiger partial charge in [-0.25, -0.2) is 4.98 Å². The predicted molar refractivity (Wildman–Crippen MR) is 96.4 cm³/mol. The fourth-order valence-electron chi connectivity index (χ4n) is 3.20. The van der Waals surface area contributed by atoms with Gasteiger partial charge < -0.3 is 19.4 Å². The van der Waals surface area contributed by atoms with Crippen LogP contribution in [0, 0.1) is 6.92 Å². The molecule has 1 aliphatic heterocycles. The number of aromatic nitrogens is 2. The Morgan fingerprint density at radius 2 is 2.12 bits per heavy atom. The van der Waals surface area contributed by atoms with Crippen LogP contribution in [0.2, 0.25) is 0 Å². The summed E-state index contributed by atoms with van der Waals surface area (Å²) >= 11 is 0. The molecule has 138 valence electrons. The summed E-state index contributed by atoms with van der Waals surface area (Å²) in [5.41, 5.74) is -0.759. The van der Waals surface area contributed by atoms with Crippen molar-refractivity contribution in [2.75, 3.05) is 26.8 Å². The maximum atomic E-state index is 12.8. The van der Waals surface area contributed by atoms with Crippen molar-refractivity contribution in [1.82, 2.24) is 14.9 Å². The normalized spacial score (nSPS) is 20.0. The molecule has 0 spiro atoms. The van der Waals surface area contributed by atoms with Crippen molar-refractivity contribution in [1.29, 1.82) is 0 Å². The Morgan fingerprint density at radius 3 is 2.81 bits per heavy atom. The van der Waals surface area contributed by atoms with Crippen LogP contribution in [-0.2, 0) is 4.74 Å². The van der Waals surface area contributed by atoms with Gasteiger partial charge in [0.25, 0.3) is 11.5 Å². The van der Waals surface area contributed by atoms with Crippen molar-refractivity contribution < 1.29 is 14.3 Å². The molecule has 2 aromatic rings. The van der Waals surface area contributed by atoms with Crippen LogP contribution in [0.4, 0.5) is 0 Å². The summed E-state index contributed by atoms with van der Waals surface area (Å²) in [6, 6.07) is 10.8. The molecule has 0 aliphatic carbocycles. The third-order valence-corrected chi connectivity index (χ3v) is 4.58. The number of methoxy groups -OCH3 is 1. The summed E-state index contributed by atoms with van der Waals surface area (Å²) < 4.78 is 11.6. The number of rotatable bonds is 5. The smallest absolute Gasteiger partial charge is 0.272 e. The summed E-state index contributed by atoms with van der Waals surface area (Å²) in [5.74, 6) is 0.919. The van der Waals surface area contributed by atoms with Gasteiger partial charge in [0.05, 0.1) is 6.54 Å². The fraction of sp³-hybridized carbons (Fsp3) is 0.421. The SMILES string of the molecule is CO[C@@]1(COc2ccccc2)CCCN(C(=O)c2cc(=O)[nH]c(C)n2)C1. The minimum absolute atomic E-state index is 0.155. The Hall–Kier alpha value is -2.67. The number of para-hydroxylation sites is 1. The van der Waals surface area contributed by atoms with Gasteiger partial charge in [0.15, 0.2) is 0 Å². The number of carbonyl (C=O) groups excluding carboxylic acids is 1. The first kappa shape index (κ1) is 18.1. The zero-order valence-corrected chi connectivity index (χ0v) is 15.0. The second kappa shape index (κ2) is 7.70. The van der Waals surface area contributed by atoms with Gasteiger partial charge in [-0.05, 0) is 31.9 Å². The lowest BCUT2D eigenvalue weighted by atomic mass is 9.93. The van der Waals surface area contributed by atoms with E-state index in [1.165, 1.54) is 6.07 Å². The lowest BCUT2D eigenvalue weighted by molar-refractivity contribution is -0.0825. The molecule has 1 fully saturated rings. The molecule has 1 aromatic heterocycles. The van der Waals surface area contributed by atoms with Crippen molar-refractivity contribution in [2.24, 2.45) is 0 Å². The highest BCUT2D eigenvalue weighted by molar-refractivity contribution is 5.92. The molecule has 0 bridgehead atoms. The Balaban J connectivity index is 1.73. The van der Waals surface area contributed by atoms with E-state index < -0.39 is 5.60 Å². The van der Waals surface area contributed by atoms with E-state index in [1.54, 1.807) is 18.9 Å². The van der Waals surface area contributed by atoms with Crippen LogP contribution in [0.3, 0.4) is 0 Å². The second-order valence-electron chi connectivity index (χ2n) is 6.54. The first-order valence-corrected chi connectivity index (χ1v) is 8.62. The largest absolute Gasteiger partial charge is 0.491 e. The van der Waals surface area contributed by atoms with Crippen molar-refractivity contribution in [3.63, 3.8) is 0 Å². The van der Waals surface area contributed by atoms with Gasteiger partial charge in [0, 0.05) is 19.7 Å². The number of H-pyrrole nitrogens is 1. The van der Waals surface area contributed by atoms with E-state index in [0.29, 0.717) is 25.5 Å². The van der Waals surface area contributed by atoms with Gasteiger partial charge in [-0.3, -0.25) is 9.59 Å². The molecule has 1 atom stereocenters. The number of nitrogens with one attached hydrogen (secondary N) is 1. The Morgan fingerprint density at radius 1 is 1.35 bits per heavy atom. The molecule has 26 heavy (non-hydrogen) atoms. The molecular formula is C19H23N3O4. The molecule has 1 saturated heterocycles. The van der Waals surface area contributed by atoms with Crippen LogP contribution in [0.5, 0.6) is 5.75 Å².